The van der Waals surface area contributed by atoms with Crippen LogP contribution in [-0.2, 0) is 0 Å². The van der Waals surface area contributed by atoms with Gasteiger partial charge in [-0.3, -0.25) is 0 Å². The fourth-order valence-electron chi connectivity index (χ4n) is 1.000. The second-order valence-electron chi connectivity index (χ2n) is 2.72. The molecule has 1 heterocycles. The van der Waals surface area contributed by atoms with Gasteiger partial charge in [0.2, 0.25) is 0 Å². The third kappa shape index (κ3) is 2.15. The molecule has 0 aliphatic heterocycles. The Morgan fingerprint density at radius 3 is 2.83 bits per heavy atom. The van der Waals surface area contributed by atoms with Gasteiger partial charge in [-0.2, -0.15) is 0 Å². The molecular weight excluding hydrogens is 172 g/mol. The van der Waals surface area contributed by atoms with Crippen LogP contribution < -0.4 is 0 Å². The van der Waals surface area contributed by atoms with Crippen molar-refractivity contribution in [3.63, 3.8) is 0 Å². The monoisotopic (exact) mass is 184 g/mol. The molecule has 0 amide bonds. The molecule has 0 unspecified atom stereocenters. The van der Waals surface area contributed by atoms with Crippen LogP contribution in [0.2, 0.25) is 0 Å². The molecule has 0 radical (unpaired) electrons. The first kappa shape index (κ1) is 9.40. The molecule has 0 fully saturated rings. The number of rotatable bonds is 3. The molecular formula is C10H13ClO. The average molecular weight is 185 g/mol. The number of halogens is 1. The molecule has 0 saturated heterocycles. The zero-order chi connectivity index (χ0) is 8.97. The Kier molecular flexibility index (Phi) is 3.42. The third-order valence-corrected chi connectivity index (χ3v) is 2.23. The van der Waals surface area contributed by atoms with E-state index in [4.69, 9.17) is 16.0 Å². The van der Waals surface area contributed by atoms with Crippen LogP contribution in [0.15, 0.2) is 22.3 Å². The summed E-state index contributed by atoms with van der Waals surface area (Å²) in [6.07, 6.45) is 4.78. The van der Waals surface area contributed by atoms with Crippen LogP contribution in [-0.4, -0.2) is 5.88 Å². The second-order valence-corrected chi connectivity index (χ2v) is 2.99. The van der Waals surface area contributed by atoms with Gasteiger partial charge in [0.1, 0.15) is 5.76 Å². The maximum absolute atomic E-state index is 5.74. The molecule has 0 N–H and O–H groups in total. The van der Waals surface area contributed by atoms with Crippen molar-refractivity contribution >= 4 is 17.7 Å². The Bertz CT molecular complexity index is 267. The van der Waals surface area contributed by atoms with Crippen LogP contribution in [0.25, 0.3) is 6.08 Å². The second kappa shape index (κ2) is 4.36. The topological polar surface area (TPSA) is 13.1 Å². The number of aryl methyl sites for hydroxylation is 1. The van der Waals surface area contributed by atoms with E-state index < -0.39 is 0 Å². The summed E-state index contributed by atoms with van der Waals surface area (Å²) in [5.74, 6) is 1.55. The molecule has 1 rings (SSSR count). The van der Waals surface area contributed by atoms with Gasteiger partial charge in [-0.15, -0.1) is 11.6 Å². The molecule has 0 aliphatic carbocycles. The van der Waals surface area contributed by atoms with Gasteiger partial charge in [0.25, 0.3) is 0 Å². The van der Waals surface area contributed by atoms with Crippen molar-refractivity contribution in [3.05, 3.63) is 29.2 Å². The van der Waals surface area contributed by atoms with E-state index in [2.05, 4.69) is 13.0 Å². The molecule has 66 valence electrons. The minimum absolute atomic E-state index is 0.598. The van der Waals surface area contributed by atoms with Crippen molar-refractivity contribution in [2.24, 2.45) is 0 Å². The van der Waals surface area contributed by atoms with Crippen LogP contribution in [0.4, 0.5) is 0 Å². The lowest BCUT2D eigenvalue weighted by atomic mass is 10.1. The maximum Gasteiger partial charge on any atom is 0.107 e. The molecule has 0 spiro atoms. The minimum Gasteiger partial charge on any atom is -0.469 e. The summed E-state index contributed by atoms with van der Waals surface area (Å²) >= 11 is 5.74. The Morgan fingerprint density at radius 1 is 1.67 bits per heavy atom. The van der Waals surface area contributed by atoms with Gasteiger partial charge in [-0.1, -0.05) is 18.6 Å². The van der Waals surface area contributed by atoms with Gasteiger partial charge >= 0.3 is 0 Å². The lowest BCUT2D eigenvalue weighted by Crippen LogP contribution is -1.82. The molecule has 0 atom stereocenters. The highest BCUT2D eigenvalue weighted by Crippen LogP contribution is 2.15. The van der Waals surface area contributed by atoms with Gasteiger partial charge in [-0.05, 0) is 19.4 Å². The molecule has 1 aromatic rings. The number of furan rings is 1. The number of hydrogen-bond acceptors (Lipinski definition) is 1. The molecule has 1 aromatic heterocycles. The van der Waals surface area contributed by atoms with Crippen LogP contribution in [0.3, 0.4) is 0 Å². The SMILES string of the molecule is CC/C(=C/c1ccoc1C)CCl. The van der Waals surface area contributed by atoms with Gasteiger partial charge in [0.15, 0.2) is 0 Å². The number of hydrogen-bond donors (Lipinski definition) is 0. The van der Waals surface area contributed by atoms with Gasteiger partial charge < -0.3 is 4.42 Å². The van der Waals surface area contributed by atoms with Crippen molar-refractivity contribution in [2.75, 3.05) is 5.88 Å². The quantitative estimate of drug-likeness (QED) is 0.654. The molecule has 0 aromatic carbocycles. The third-order valence-electron chi connectivity index (χ3n) is 1.88. The van der Waals surface area contributed by atoms with Crippen LogP contribution in [0.5, 0.6) is 0 Å². The van der Waals surface area contributed by atoms with E-state index >= 15 is 0 Å². The lowest BCUT2D eigenvalue weighted by molar-refractivity contribution is 0.533. The Hall–Kier alpha value is -0.690. The summed E-state index contributed by atoms with van der Waals surface area (Å²) in [4.78, 5) is 0. The zero-order valence-electron chi connectivity index (χ0n) is 7.43. The largest absolute Gasteiger partial charge is 0.469 e. The number of allylic oxidation sites excluding steroid dienone is 1. The van der Waals surface area contributed by atoms with Crippen molar-refractivity contribution in [2.45, 2.75) is 20.3 Å². The van der Waals surface area contributed by atoms with E-state index in [-0.39, 0.29) is 0 Å². The van der Waals surface area contributed by atoms with Crippen molar-refractivity contribution in [1.82, 2.24) is 0 Å². The Morgan fingerprint density at radius 2 is 2.42 bits per heavy atom. The van der Waals surface area contributed by atoms with Gasteiger partial charge in [-0.25, -0.2) is 0 Å². The van der Waals surface area contributed by atoms with E-state index in [9.17, 15) is 0 Å². The van der Waals surface area contributed by atoms with Crippen LogP contribution in [0, 0.1) is 6.92 Å². The molecule has 1 nitrogen and oxygen atoms in total. The molecule has 2 heteroatoms. The van der Waals surface area contributed by atoms with E-state index in [1.54, 1.807) is 6.26 Å². The summed E-state index contributed by atoms with van der Waals surface area (Å²) in [7, 11) is 0. The van der Waals surface area contributed by atoms with E-state index in [0.717, 1.165) is 17.7 Å². The normalized spacial score (nSPS) is 12.1. The van der Waals surface area contributed by atoms with Crippen LogP contribution in [0.1, 0.15) is 24.7 Å². The minimum atomic E-state index is 0.598. The molecule has 0 aliphatic rings. The summed E-state index contributed by atoms with van der Waals surface area (Å²) in [6, 6.07) is 1.96. The molecule has 12 heavy (non-hydrogen) atoms. The van der Waals surface area contributed by atoms with Gasteiger partial charge in [0, 0.05) is 11.4 Å². The maximum atomic E-state index is 5.74. The summed E-state index contributed by atoms with van der Waals surface area (Å²) < 4.78 is 5.17. The fourth-order valence-corrected chi connectivity index (χ4v) is 1.27. The predicted molar refractivity (Wildman–Crippen MR) is 52.4 cm³/mol. The highest BCUT2D eigenvalue weighted by atomic mass is 35.5. The van der Waals surface area contributed by atoms with E-state index in [0.29, 0.717) is 5.88 Å². The average Bonchev–Trinajstić information content (AvgIpc) is 2.47. The molecule has 0 bridgehead atoms. The Labute approximate surface area is 78.0 Å². The van der Waals surface area contributed by atoms with Crippen molar-refractivity contribution in [3.8, 4) is 0 Å². The standard InChI is InChI=1S/C10H13ClO/c1-3-9(7-11)6-10-4-5-12-8(10)2/h4-6H,3,7H2,1-2H3/b9-6-. The van der Waals surface area contributed by atoms with Gasteiger partial charge in [0.05, 0.1) is 6.26 Å². The molecule has 0 saturated carbocycles. The van der Waals surface area contributed by atoms with Crippen molar-refractivity contribution in [1.29, 1.82) is 0 Å². The zero-order valence-corrected chi connectivity index (χ0v) is 8.19. The smallest absolute Gasteiger partial charge is 0.107 e. The number of alkyl halides is 1. The summed E-state index contributed by atoms with van der Waals surface area (Å²) in [6.45, 7) is 4.05. The summed E-state index contributed by atoms with van der Waals surface area (Å²) in [5.41, 5.74) is 2.37. The van der Waals surface area contributed by atoms with Crippen molar-refractivity contribution < 1.29 is 4.42 Å². The first-order valence-electron chi connectivity index (χ1n) is 4.07. The lowest BCUT2D eigenvalue weighted by Gasteiger charge is -1.97. The summed E-state index contributed by atoms with van der Waals surface area (Å²) in [5, 5.41) is 0. The van der Waals surface area contributed by atoms with E-state index in [1.165, 1.54) is 5.57 Å². The van der Waals surface area contributed by atoms with E-state index in [1.807, 2.05) is 13.0 Å². The first-order valence-corrected chi connectivity index (χ1v) is 4.61. The fraction of sp³-hybridized carbons (Fsp3) is 0.400. The predicted octanol–water partition coefficient (Wildman–Crippen LogP) is 3.62. The Balaban J connectivity index is 2.85. The first-order chi connectivity index (χ1) is 5.77. The highest BCUT2D eigenvalue weighted by molar-refractivity contribution is 6.19. The van der Waals surface area contributed by atoms with Crippen LogP contribution >= 0.6 is 11.6 Å². The highest BCUT2D eigenvalue weighted by Gasteiger charge is 1.98.